The maximum Gasteiger partial charge on any atom is 0.227 e. The number of nitrogens with one attached hydrogen (secondary N) is 2. The first-order valence-corrected chi connectivity index (χ1v) is 7.84. The minimum absolute atomic E-state index is 0. The highest BCUT2D eigenvalue weighted by molar-refractivity contribution is 5.85. The molecule has 4 N–H and O–H groups in total. The Labute approximate surface area is 146 Å². The second-order valence-corrected chi connectivity index (χ2v) is 6.56. The zero-order valence-electron chi connectivity index (χ0n) is 13.5. The van der Waals surface area contributed by atoms with E-state index in [0.717, 1.165) is 51.6 Å². The zero-order valence-corrected chi connectivity index (χ0v) is 15.1. The molecule has 1 saturated carbocycles. The van der Waals surface area contributed by atoms with E-state index in [9.17, 15) is 4.79 Å². The van der Waals surface area contributed by atoms with Gasteiger partial charge in [-0.25, -0.2) is 0 Å². The van der Waals surface area contributed by atoms with Crippen LogP contribution in [0, 0.1) is 10.8 Å². The van der Waals surface area contributed by atoms with Gasteiger partial charge in [0, 0.05) is 25.6 Å². The van der Waals surface area contributed by atoms with E-state index in [4.69, 9.17) is 10.5 Å². The molecule has 1 amide bonds. The number of hydrogen-bond donors (Lipinski definition) is 3. The first-order chi connectivity index (χ1) is 9.66. The molecule has 0 bridgehead atoms. The Morgan fingerprint density at radius 1 is 1.18 bits per heavy atom. The van der Waals surface area contributed by atoms with Crippen LogP contribution in [0.4, 0.5) is 0 Å². The number of carbonyl (C=O) groups is 1. The summed E-state index contributed by atoms with van der Waals surface area (Å²) in [7, 11) is 1.74. The number of carbonyl (C=O) groups excluding carboxylic acids is 1. The van der Waals surface area contributed by atoms with Crippen molar-refractivity contribution < 1.29 is 9.53 Å². The number of piperidine rings is 1. The van der Waals surface area contributed by atoms with Crippen molar-refractivity contribution in [3.63, 3.8) is 0 Å². The number of nitrogens with two attached hydrogens (primary N) is 1. The summed E-state index contributed by atoms with van der Waals surface area (Å²) in [6.45, 7) is 3.90. The van der Waals surface area contributed by atoms with Crippen LogP contribution in [0.3, 0.4) is 0 Å². The Balaban J connectivity index is 0.00000220. The number of hydrogen-bond acceptors (Lipinski definition) is 4. The molecule has 2 fully saturated rings. The monoisotopic (exact) mass is 355 g/mol. The topological polar surface area (TPSA) is 76.4 Å². The van der Waals surface area contributed by atoms with Gasteiger partial charge >= 0.3 is 0 Å². The fourth-order valence-electron chi connectivity index (χ4n) is 3.67. The third-order valence-electron chi connectivity index (χ3n) is 5.17. The van der Waals surface area contributed by atoms with Gasteiger partial charge < -0.3 is 21.1 Å². The van der Waals surface area contributed by atoms with Crippen LogP contribution >= 0.6 is 24.8 Å². The summed E-state index contributed by atoms with van der Waals surface area (Å²) in [5, 5.41) is 6.56. The van der Waals surface area contributed by atoms with E-state index in [1.165, 1.54) is 0 Å². The van der Waals surface area contributed by atoms with E-state index >= 15 is 0 Å². The van der Waals surface area contributed by atoms with Gasteiger partial charge in [-0.05, 0) is 38.8 Å². The highest BCUT2D eigenvalue weighted by atomic mass is 35.5. The third-order valence-corrected chi connectivity index (χ3v) is 5.17. The van der Waals surface area contributed by atoms with Crippen molar-refractivity contribution in [2.45, 2.75) is 38.5 Å². The maximum absolute atomic E-state index is 12.5. The molecule has 1 aliphatic carbocycles. The summed E-state index contributed by atoms with van der Waals surface area (Å²) in [6.07, 6.45) is 6.23. The standard InChI is InChI=1S/C15H29N3O2.2ClH/c1-20-12-14(6-8-17-9-7-14)11-18-13(19)15(10-16)4-2-3-5-15;;/h17H,2-12,16H2,1H3,(H,18,19);2*1H. The van der Waals surface area contributed by atoms with Crippen LogP contribution in [0.15, 0.2) is 0 Å². The summed E-state index contributed by atoms with van der Waals surface area (Å²) in [6, 6.07) is 0. The van der Waals surface area contributed by atoms with Crippen LogP contribution in [0.2, 0.25) is 0 Å². The molecule has 0 aromatic rings. The summed E-state index contributed by atoms with van der Waals surface area (Å²) >= 11 is 0. The summed E-state index contributed by atoms with van der Waals surface area (Å²) in [4.78, 5) is 12.5. The van der Waals surface area contributed by atoms with E-state index in [-0.39, 0.29) is 41.6 Å². The average Bonchev–Trinajstić information content (AvgIpc) is 2.96. The molecule has 0 aromatic heterocycles. The highest BCUT2D eigenvalue weighted by Gasteiger charge is 2.41. The molecule has 0 aromatic carbocycles. The van der Waals surface area contributed by atoms with Crippen molar-refractivity contribution in [2.75, 3.05) is 39.9 Å². The lowest BCUT2D eigenvalue weighted by atomic mass is 9.78. The van der Waals surface area contributed by atoms with Crippen molar-refractivity contribution in [1.29, 1.82) is 0 Å². The van der Waals surface area contributed by atoms with Gasteiger partial charge in [0.1, 0.15) is 0 Å². The Morgan fingerprint density at radius 3 is 2.27 bits per heavy atom. The number of rotatable bonds is 6. The Hall–Kier alpha value is -0.0700. The van der Waals surface area contributed by atoms with Gasteiger partial charge in [0.2, 0.25) is 5.91 Å². The molecule has 0 spiro atoms. The molecule has 1 heterocycles. The van der Waals surface area contributed by atoms with E-state index in [1.54, 1.807) is 7.11 Å². The second kappa shape index (κ2) is 9.93. The molecule has 0 radical (unpaired) electrons. The maximum atomic E-state index is 12.5. The minimum atomic E-state index is -0.304. The lowest BCUT2D eigenvalue weighted by molar-refractivity contribution is -0.131. The van der Waals surface area contributed by atoms with Gasteiger partial charge in [0.25, 0.3) is 0 Å². The number of halogens is 2. The van der Waals surface area contributed by atoms with Gasteiger partial charge in [-0.15, -0.1) is 24.8 Å². The molecule has 1 saturated heterocycles. The van der Waals surface area contributed by atoms with E-state index < -0.39 is 0 Å². The summed E-state index contributed by atoms with van der Waals surface area (Å²) < 4.78 is 5.39. The smallest absolute Gasteiger partial charge is 0.227 e. The molecule has 5 nitrogen and oxygen atoms in total. The molecule has 2 aliphatic rings. The van der Waals surface area contributed by atoms with Crippen LogP contribution in [0.5, 0.6) is 0 Å². The van der Waals surface area contributed by atoms with Crippen LogP contribution in [0.1, 0.15) is 38.5 Å². The average molecular weight is 356 g/mol. The van der Waals surface area contributed by atoms with E-state index in [2.05, 4.69) is 10.6 Å². The molecule has 1 aliphatic heterocycles. The van der Waals surface area contributed by atoms with Crippen LogP contribution in [-0.2, 0) is 9.53 Å². The molecule has 0 unspecified atom stereocenters. The van der Waals surface area contributed by atoms with Gasteiger partial charge in [-0.1, -0.05) is 12.8 Å². The molecular formula is C15H31Cl2N3O2. The van der Waals surface area contributed by atoms with E-state index in [0.29, 0.717) is 19.7 Å². The predicted octanol–water partition coefficient (Wildman–Crippen LogP) is 1.48. The Kier molecular flexibility index (Phi) is 9.90. The quantitative estimate of drug-likeness (QED) is 0.674. The molecular weight excluding hydrogens is 325 g/mol. The first kappa shape index (κ1) is 21.9. The molecule has 22 heavy (non-hydrogen) atoms. The van der Waals surface area contributed by atoms with Gasteiger partial charge in [0.05, 0.1) is 12.0 Å². The normalized spacial score (nSPS) is 22.3. The van der Waals surface area contributed by atoms with Crippen LogP contribution < -0.4 is 16.4 Å². The second-order valence-electron chi connectivity index (χ2n) is 6.56. The molecule has 0 atom stereocenters. The van der Waals surface area contributed by atoms with Gasteiger partial charge in [-0.2, -0.15) is 0 Å². The van der Waals surface area contributed by atoms with Crippen molar-refractivity contribution in [3.05, 3.63) is 0 Å². The zero-order chi connectivity index (χ0) is 14.5. The number of ether oxygens (including phenoxy) is 1. The Morgan fingerprint density at radius 2 is 1.77 bits per heavy atom. The van der Waals surface area contributed by atoms with Crippen LogP contribution in [0.25, 0.3) is 0 Å². The van der Waals surface area contributed by atoms with Crippen molar-refractivity contribution in [2.24, 2.45) is 16.6 Å². The summed E-state index contributed by atoms with van der Waals surface area (Å²) in [5.41, 5.74) is 5.66. The fourth-order valence-corrected chi connectivity index (χ4v) is 3.67. The van der Waals surface area contributed by atoms with Crippen molar-refractivity contribution in [1.82, 2.24) is 10.6 Å². The number of amides is 1. The van der Waals surface area contributed by atoms with Crippen molar-refractivity contribution in [3.8, 4) is 0 Å². The Bertz CT molecular complexity index is 325. The molecule has 132 valence electrons. The minimum Gasteiger partial charge on any atom is -0.384 e. The number of methoxy groups -OCH3 is 1. The van der Waals surface area contributed by atoms with E-state index in [1.807, 2.05) is 0 Å². The fraction of sp³-hybridized carbons (Fsp3) is 0.933. The predicted molar refractivity (Wildman–Crippen MR) is 93.9 cm³/mol. The highest BCUT2D eigenvalue weighted by Crippen LogP contribution is 2.37. The van der Waals surface area contributed by atoms with Crippen molar-refractivity contribution >= 4 is 30.7 Å². The van der Waals surface area contributed by atoms with Gasteiger partial charge in [-0.3, -0.25) is 4.79 Å². The lowest BCUT2D eigenvalue weighted by Gasteiger charge is -2.38. The van der Waals surface area contributed by atoms with Gasteiger partial charge in [0.15, 0.2) is 0 Å². The lowest BCUT2D eigenvalue weighted by Crippen LogP contribution is -2.51. The molecule has 7 heteroatoms. The summed E-state index contributed by atoms with van der Waals surface area (Å²) in [5.74, 6) is 0.159. The first-order valence-electron chi connectivity index (χ1n) is 7.84. The SMILES string of the molecule is COCC1(CNC(=O)C2(CN)CCCC2)CCNCC1.Cl.Cl. The third kappa shape index (κ3) is 4.96. The largest absolute Gasteiger partial charge is 0.384 e. The molecule has 2 rings (SSSR count). The van der Waals surface area contributed by atoms with Crippen LogP contribution in [-0.4, -0.2) is 45.8 Å².